The van der Waals surface area contributed by atoms with E-state index in [1.54, 1.807) is 24.3 Å². The molecular formula is C27H30N2O3. The second kappa shape index (κ2) is 10.6. The van der Waals surface area contributed by atoms with Gasteiger partial charge in [-0.05, 0) is 16.7 Å². The maximum Gasteiger partial charge on any atom is 0.347 e. The molecule has 4 rings (SSSR count). The van der Waals surface area contributed by atoms with E-state index in [1.165, 1.54) is 5.56 Å². The van der Waals surface area contributed by atoms with Crippen molar-refractivity contribution in [1.29, 1.82) is 0 Å². The zero-order chi connectivity index (χ0) is 22.2. The second-order valence-electron chi connectivity index (χ2n) is 8.18. The molecule has 5 nitrogen and oxygen atoms in total. The van der Waals surface area contributed by atoms with E-state index >= 15 is 0 Å². The lowest BCUT2D eigenvalue weighted by Gasteiger charge is -2.34. The van der Waals surface area contributed by atoms with Gasteiger partial charge < -0.3 is 9.84 Å². The Morgan fingerprint density at radius 1 is 0.750 bits per heavy atom. The summed E-state index contributed by atoms with van der Waals surface area (Å²) >= 11 is 0. The van der Waals surface area contributed by atoms with Crippen molar-refractivity contribution in [1.82, 2.24) is 9.80 Å². The van der Waals surface area contributed by atoms with Gasteiger partial charge in [0.2, 0.25) is 5.60 Å². The lowest BCUT2D eigenvalue weighted by Crippen LogP contribution is -2.47. The van der Waals surface area contributed by atoms with E-state index in [2.05, 4.69) is 34.1 Å². The first-order chi connectivity index (χ1) is 15.7. The molecule has 1 N–H and O–H groups in total. The van der Waals surface area contributed by atoms with Gasteiger partial charge in [-0.3, -0.25) is 9.80 Å². The van der Waals surface area contributed by atoms with Crippen LogP contribution >= 0.6 is 0 Å². The number of nitrogens with zero attached hydrogens (tertiary/aromatic N) is 2. The number of carbonyl (C=O) groups excluding carboxylic acids is 1. The van der Waals surface area contributed by atoms with E-state index in [0.717, 1.165) is 32.7 Å². The van der Waals surface area contributed by atoms with Crippen LogP contribution < -0.4 is 0 Å². The number of rotatable bonds is 8. The number of piperazine rings is 1. The van der Waals surface area contributed by atoms with Crippen molar-refractivity contribution in [2.45, 2.75) is 12.1 Å². The van der Waals surface area contributed by atoms with E-state index < -0.39 is 11.6 Å². The van der Waals surface area contributed by atoms with Crippen LogP contribution in [0.1, 0.15) is 16.7 Å². The number of aliphatic hydroxyl groups is 1. The molecule has 3 aromatic carbocycles. The van der Waals surface area contributed by atoms with E-state index in [-0.39, 0.29) is 6.61 Å². The Morgan fingerprint density at radius 2 is 1.22 bits per heavy atom. The molecule has 0 unspecified atom stereocenters. The molecule has 0 radical (unpaired) electrons. The highest BCUT2D eigenvalue weighted by molar-refractivity contribution is 5.85. The first-order valence-corrected chi connectivity index (χ1v) is 11.2. The largest absolute Gasteiger partial charge is 0.462 e. The smallest absolute Gasteiger partial charge is 0.347 e. The normalized spacial score (nSPS) is 15.4. The molecule has 0 amide bonds. The Kier molecular flexibility index (Phi) is 7.32. The quantitative estimate of drug-likeness (QED) is 0.556. The summed E-state index contributed by atoms with van der Waals surface area (Å²) in [6, 6.07) is 28.5. The molecule has 5 heteroatoms. The van der Waals surface area contributed by atoms with Gasteiger partial charge in [0.1, 0.15) is 6.61 Å². The van der Waals surface area contributed by atoms with Crippen LogP contribution in [0.5, 0.6) is 0 Å². The molecule has 1 heterocycles. The van der Waals surface area contributed by atoms with Crippen LogP contribution in [-0.4, -0.2) is 60.2 Å². The zero-order valence-electron chi connectivity index (χ0n) is 18.3. The van der Waals surface area contributed by atoms with Crippen molar-refractivity contribution in [3.05, 3.63) is 108 Å². The third kappa shape index (κ3) is 5.25. The van der Waals surface area contributed by atoms with Crippen molar-refractivity contribution in [3.8, 4) is 0 Å². The monoisotopic (exact) mass is 430 g/mol. The van der Waals surface area contributed by atoms with Crippen LogP contribution in [0.3, 0.4) is 0 Å². The third-order valence-electron chi connectivity index (χ3n) is 6.03. The fourth-order valence-corrected chi connectivity index (χ4v) is 4.15. The molecule has 1 saturated heterocycles. The Bertz CT molecular complexity index is 932. The van der Waals surface area contributed by atoms with Crippen molar-refractivity contribution < 1.29 is 14.6 Å². The minimum Gasteiger partial charge on any atom is -0.462 e. The first-order valence-electron chi connectivity index (χ1n) is 11.2. The Morgan fingerprint density at radius 3 is 1.75 bits per heavy atom. The highest BCUT2D eigenvalue weighted by Crippen LogP contribution is 2.31. The van der Waals surface area contributed by atoms with E-state index in [9.17, 15) is 9.90 Å². The van der Waals surface area contributed by atoms with E-state index in [4.69, 9.17) is 4.74 Å². The SMILES string of the molecule is O=C(OCCN1CCN(Cc2ccccc2)CC1)C(O)(c1ccccc1)c1ccccc1. The maximum absolute atomic E-state index is 13.1. The summed E-state index contributed by atoms with van der Waals surface area (Å²) in [5, 5.41) is 11.4. The van der Waals surface area contributed by atoms with Crippen LogP contribution in [0.4, 0.5) is 0 Å². The number of esters is 1. The molecule has 32 heavy (non-hydrogen) atoms. The predicted molar refractivity (Wildman–Crippen MR) is 125 cm³/mol. The van der Waals surface area contributed by atoms with Crippen molar-refractivity contribution >= 4 is 5.97 Å². The average Bonchev–Trinajstić information content (AvgIpc) is 2.86. The number of hydrogen-bond acceptors (Lipinski definition) is 5. The van der Waals surface area contributed by atoms with Gasteiger partial charge in [-0.2, -0.15) is 0 Å². The predicted octanol–water partition coefficient (Wildman–Crippen LogP) is 3.28. The molecule has 3 aromatic rings. The average molecular weight is 431 g/mol. The topological polar surface area (TPSA) is 53.0 Å². The molecule has 1 aliphatic rings. The van der Waals surface area contributed by atoms with E-state index in [1.807, 2.05) is 42.5 Å². The molecule has 0 aliphatic carbocycles. The fraction of sp³-hybridized carbons (Fsp3) is 0.296. The van der Waals surface area contributed by atoms with Gasteiger partial charge in [0.15, 0.2) is 0 Å². The standard InChI is InChI=1S/C27H30N2O3/c30-26(27(31,24-12-6-2-7-13-24)25-14-8-3-9-15-25)32-21-20-28-16-18-29(19-17-28)22-23-10-4-1-5-11-23/h1-15,31H,16-22H2. The summed E-state index contributed by atoms with van der Waals surface area (Å²) in [4.78, 5) is 17.8. The summed E-state index contributed by atoms with van der Waals surface area (Å²) in [5.74, 6) is -0.641. The van der Waals surface area contributed by atoms with Crippen LogP contribution in [0.2, 0.25) is 0 Å². The Labute approximate surface area is 189 Å². The summed E-state index contributed by atoms with van der Waals surface area (Å²) in [6.45, 7) is 5.72. The molecule has 0 saturated carbocycles. The van der Waals surface area contributed by atoms with Crippen LogP contribution in [0.25, 0.3) is 0 Å². The van der Waals surface area contributed by atoms with Gasteiger partial charge in [0.25, 0.3) is 0 Å². The number of benzene rings is 3. The molecule has 0 aromatic heterocycles. The zero-order valence-corrected chi connectivity index (χ0v) is 18.3. The summed E-state index contributed by atoms with van der Waals surface area (Å²) in [5.41, 5.74) is 0.518. The second-order valence-corrected chi connectivity index (χ2v) is 8.18. The maximum atomic E-state index is 13.1. The Hall–Kier alpha value is -2.99. The molecule has 166 valence electrons. The lowest BCUT2D eigenvalue weighted by molar-refractivity contribution is -0.162. The number of ether oxygens (including phenoxy) is 1. The van der Waals surface area contributed by atoms with Gasteiger partial charge in [-0.1, -0.05) is 91.0 Å². The molecule has 0 spiro atoms. The van der Waals surface area contributed by atoms with Gasteiger partial charge in [-0.15, -0.1) is 0 Å². The molecule has 0 atom stereocenters. The van der Waals surface area contributed by atoms with Crippen molar-refractivity contribution in [3.63, 3.8) is 0 Å². The molecular weight excluding hydrogens is 400 g/mol. The summed E-state index contributed by atoms with van der Waals surface area (Å²) in [7, 11) is 0. The molecule has 1 aliphatic heterocycles. The summed E-state index contributed by atoms with van der Waals surface area (Å²) < 4.78 is 5.60. The fourth-order valence-electron chi connectivity index (χ4n) is 4.15. The lowest BCUT2D eigenvalue weighted by atomic mass is 9.86. The Balaban J connectivity index is 1.31. The van der Waals surface area contributed by atoms with Gasteiger partial charge in [0, 0.05) is 39.3 Å². The van der Waals surface area contributed by atoms with Crippen molar-refractivity contribution in [2.75, 3.05) is 39.3 Å². The highest BCUT2D eigenvalue weighted by Gasteiger charge is 2.41. The van der Waals surface area contributed by atoms with Gasteiger partial charge in [-0.25, -0.2) is 4.79 Å². The molecule has 1 fully saturated rings. The first kappa shape index (κ1) is 22.2. The van der Waals surface area contributed by atoms with Crippen molar-refractivity contribution in [2.24, 2.45) is 0 Å². The molecule has 0 bridgehead atoms. The van der Waals surface area contributed by atoms with Crippen LogP contribution in [0.15, 0.2) is 91.0 Å². The van der Waals surface area contributed by atoms with E-state index in [0.29, 0.717) is 17.7 Å². The third-order valence-corrected chi connectivity index (χ3v) is 6.03. The minimum atomic E-state index is -1.82. The highest BCUT2D eigenvalue weighted by atomic mass is 16.5. The number of carbonyl (C=O) groups is 1. The summed E-state index contributed by atoms with van der Waals surface area (Å²) in [6.07, 6.45) is 0. The van der Waals surface area contributed by atoms with Gasteiger partial charge >= 0.3 is 5.97 Å². The van der Waals surface area contributed by atoms with Gasteiger partial charge in [0.05, 0.1) is 0 Å². The van der Waals surface area contributed by atoms with Crippen LogP contribution in [-0.2, 0) is 21.7 Å². The van der Waals surface area contributed by atoms with Crippen LogP contribution in [0, 0.1) is 0 Å². The minimum absolute atomic E-state index is 0.249. The number of hydrogen-bond donors (Lipinski definition) is 1.